The Balaban J connectivity index is 2.14. The molecular formula is C14H16N2O2. The van der Waals surface area contributed by atoms with Crippen LogP contribution in [0.25, 0.3) is 0 Å². The molecule has 1 atom stereocenters. The number of hydrogen-bond acceptors (Lipinski definition) is 4. The molecule has 1 N–H and O–H groups in total. The molecular weight excluding hydrogens is 228 g/mol. The molecule has 4 nitrogen and oxygen atoms in total. The van der Waals surface area contributed by atoms with Crippen molar-refractivity contribution in [3.05, 3.63) is 54.1 Å². The van der Waals surface area contributed by atoms with Gasteiger partial charge in [0.15, 0.2) is 0 Å². The molecule has 18 heavy (non-hydrogen) atoms. The predicted octanol–water partition coefficient (Wildman–Crippen LogP) is 2.35. The number of aromatic nitrogens is 2. The van der Waals surface area contributed by atoms with E-state index in [0.29, 0.717) is 5.56 Å². The fourth-order valence-electron chi connectivity index (χ4n) is 1.65. The maximum atomic E-state index is 10.1. The molecule has 0 aliphatic rings. The molecule has 0 aliphatic heterocycles. The maximum absolute atomic E-state index is 10.1. The van der Waals surface area contributed by atoms with E-state index in [-0.39, 0.29) is 6.10 Å². The van der Waals surface area contributed by atoms with Crippen molar-refractivity contribution in [2.45, 2.75) is 26.1 Å². The molecule has 2 aromatic rings. The molecule has 1 unspecified atom stereocenters. The highest BCUT2D eigenvalue weighted by Gasteiger charge is 2.10. The van der Waals surface area contributed by atoms with Crippen LogP contribution in [0.15, 0.2) is 43.0 Å². The number of ether oxygens (including phenoxy) is 1. The summed E-state index contributed by atoms with van der Waals surface area (Å²) in [5.41, 5.74) is 1.47. The normalized spacial score (nSPS) is 12.4. The van der Waals surface area contributed by atoms with E-state index in [1.54, 1.807) is 12.4 Å². The van der Waals surface area contributed by atoms with E-state index in [0.717, 1.165) is 11.3 Å². The van der Waals surface area contributed by atoms with E-state index in [1.807, 2.05) is 38.1 Å². The Morgan fingerprint density at radius 1 is 1.00 bits per heavy atom. The van der Waals surface area contributed by atoms with Crippen molar-refractivity contribution >= 4 is 0 Å². The van der Waals surface area contributed by atoms with E-state index in [2.05, 4.69) is 9.97 Å². The van der Waals surface area contributed by atoms with Crippen molar-refractivity contribution in [1.29, 1.82) is 0 Å². The highest BCUT2D eigenvalue weighted by molar-refractivity contribution is 5.32. The summed E-state index contributed by atoms with van der Waals surface area (Å²) in [5, 5.41) is 10.1. The third-order valence-corrected chi connectivity index (χ3v) is 2.46. The summed E-state index contributed by atoms with van der Waals surface area (Å²) in [6, 6.07) is 7.38. The van der Waals surface area contributed by atoms with Crippen molar-refractivity contribution in [1.82, 2.24) is 9.97 Å². The van der Waals surface area contributed by atoms with Crippen LogP contribution in [0.1, 0.15) is 31.1 Å². The van der Waals surface area contributed by atoms with Gasteiger partial charge in [0, 0.05) is 18.0 Å². The van der Waals surface area contributed by atoms with Crippen molar-refractivity contribution in [3.8, 4) is 5.75 Å². The quantitative estimate of drug-likeness (QED) is 0.897. The summed E-state index contributed by atoms with van der Waals surface area (Å²) in [4.78, 5) is 7.78. The molecule has 1 aromatic carbocycles. The number of aliphatic hydroxyl groups excluding tert-OH is 1. The topological polar surface area (TPSA) is 55.2 Å². The molecule has 0 saturated heterocycles. The Labute approximate surface area is 106 Å². The first-order valence-electron chi connectivity index (χ1n) is 5.86. The van der Waals surface area contributed by atoms with Gasteiger partial charge in [-0.15, -0.1) is 0 Å². The molecule has 1 aromatic heterocycles. The van der Waals surface area contributed by atoms with E-state index in [1.165, 1.54) is 6.33 Å². The zero-order valence-electron chi connectivity index (χ0n) is 10.4. The third kappa shape index (κ3) is 3.05. The lowest BCUT2D eigenvalue weighted by atomic mass is 10.0. The molecule has 0 radical (unpaired) electrons. The number of hydrogen-bond donors (Lipinski definition) is 1. The van der Waals surface area contributed by atoms with Crippen molar-refractivity contribution < 1.29 is 9.84 Å². The maximum Gasteiger partial charge on any atom is 0.119 e. The fraction of sp³-hybridized carbons (Fsp3) is 0.286. The highest BCUT2D eigenvalue weighted by Crippen LogP contribution is 2.23. The molecule has 0 aliphatic carbocycles. The zero-order valence-corrected chi connectivity index (χ0v) is 10.4. The van der Waals surface area contributed by atoms with Crippen molar-refractivity contribution in [2.75, 3.05) is 0 Å². The van der Waals surface area contributed by atoms with Crippen LogP contribution < -0.4 is 4.74 Å². The van der Waals surface area contributed by atoms with Crippen LogP contribution in [0.3, 0.4) is 0 Å². The van der Waals surface area contributed by atoms with Gasteiger partial charge in [0.2, 0.25) is 0 Å². The summed E-state index contributed by atoms with van der Waals surface area (Å²) in [6.45, 7) is 3.95. The second-order valence-corrected chi connectivity index (χ2v) is 4.31. The number of benzene rings is 1. The number of aliphatic hydroxyl groups is 1. The third-order valence-electron chi connectivity index (χ3n) is 2.46. The van der Waals surface area contributed by atoms with E-state index < -0.39 is 6.10 Å². The SMILES string of the molecule is CC(C)Oc1ccc(C(O)c2cncnc2)cc1. The zero-order chi connectivity index (χ0) is 13.0. The van der Waals surface area contributed by atoms with Gasteiger partial charge in [-0.05, 0) is 31.5 Å². The average molecular weight is 244 g/mol. The van der Waals surface area contributed by atoms with Crippen LogP contribution in [0.4, 0.5) is 0 Å². The molecule has 2 rings (SSSR count). The van der Waals surface area contributed by atoms with Gasteiger partial charge < -0.3 is 9.84 Å². The fourth-order valence-corrected chi connectivity index (χ4v) is 1.65. The van der Waals surface area contributed by atoms with E-state index >= 15 is 0 Å². The smallest absolute Gasteiger partial charge is 0.119 e. The van der Waals surface area contributed by atoms with Crippen molar-refractivity contribution in [2.24, 2.45) is 0 Å². The summed E-state index contributed by atoms with van der Waals surface area (Å²) in [5.74, 6) is 0.797. The summed E-state index contributed by atoms with van der Waals surface area (Å²) in [6.07, 6.45) is 4.09. The van der Waals surface area contributed by atoms with E-state index in [9.17, 15) is 5.11 Å². The van der Waals surface area contributed by atoms with Crippen molar-refractivity contribution in [3.63, 3.8) is 0 Å². The number of rotatable bonds is 4. The van der Waals surface area contributed by atoms with Crippen LogP contribution in [0, 0.1) is 0 Å². The highest BCUT2D eigenvalue weighted by atomic mass is 16.5. The molecule has 0 amide bonds. The first-order chi connectivity index (χ1) is 8.66. The molecule has 1 heterocycles. The molecule has 0 bridgehead atoms. The molecule has 0 saturated carbocycles. The molecule has 4 heteroatoms. The van der Waals surface area contributed by atoms with Gasteiger partial charge in [-0.3, -0.25) is 0 Å². The Hall–Kier alpha value is -1.94. The van der Waals surface area contributed by atoms with Gasteiger partial charge in [0.25, 0.3) is 0 Å². The second kappa shape index (κ2) is 5.60. The van der Waals surface area contributed by atoms with Crippen LogP contribution in [0.5, 0.6) is 5.75 Å². The predicted molar refractivity (Wildman–Crippen MR) is 68.3 cm³/mol. The van der Waals surface area contributed by atoms with Crippen LogP contribution in [-0.2, 0) is 0 Å². The Morgan fingerprint density at radius 2 is 1.61 bits per heavy atom. The van der Waals surface area contributed by atoms with Gasteiger partial charge >= 0.3 is 0 Å². The largest absolute Gasteiger partial charge is 0.491 e. The lowest BCUT2D eigenvalue weighted by Gasteiger charge is -2.13. The molecule has 0 spiro atoms. The van der Waals surface area contributed by atoms with Gasteiger partial charge in [0.05, 0.1) is 6.10 Å². The van der Waals surface area contributed by atoms with Gasteiger partial charge in [-0.25, -0.2) is 9.97 Å². The second-order valence-electron chi connectivity index (χ2n) is 4.31. The Kier molecular flexibility index (Phi) is 3.89. The van der Waals surface area contributed by atoms with Crippen LogP contribution in [0.2, 0.25) is 0 Å². The monoisotopic (exact) mass is 244 g/mol. The summed E-state index contributed by atoms with van der Waals surface area (Å²) in [7, 11) is 0. The van der Waals surface area contributed by atoms with Crippen LogP contribution >= 0.6 is 0 Å². The average Bonchev–Trinajstić information content (AvgIpc) is 2.39. The molecule has 94 valence electrons. The molecule has 0 fully saturated rings. The van der Waals surface area contributed by atoms with Crippen LogP contribution in [-0.4, -0.2) is 21.2 Å². The minimum absolute atomic E-state index is 0.142. The minimum Gasteiger partial charge on any atom is -0.491 e. The first-order valence-corrected chi connectivity index (χ1v) is 5.86. The van der Waals surface area contributed by atoms with E-state index in [4.69, 9.17) is 4.74 Å². The lowest BCUT2D eigenvalue weighted by Crippen LogP contribution is -2.06. The first kappa shape index (κ1) is 12.5. The minimum atomic E-state index is -0.709. The summed E-state index contributed by atoms with van der Waals surface area (Å²) < 4.78 is 5.55. The van der Waals surface area contributed by atoms with Gasteiger partial charge in [-0.2, -0.15) is 0 Å². The number of nitrogens with zero attached hydrogens (tertiary/aromatic N) is 2. The van der Waals surface area contributed by atoms with Gasteiger partial charge in [-0.1, -0.05) is 12.1 Å². The lowest BCUT2D eigenvalue weighted by molar-refractivity contribution is 0.218. The Bertz CT molecular complexity index is 483. The Morgan fingerprint density at radius 3 is 2.17 bits per heavy atom. The standard InChI is InChI=1S/C14H16N2O2/c1-10(2)18-13-5-3-11(4-6-13)14(17)12-7-15-9-16-8-12/h3-10,14,17H,1-2H3. The van der Waals surface area contributed by atoms with Gasteiger partial charge in [0.1, 0.15) is 18.2 Å². The summed E-state index contributed by atoms with van der Waals surface area (Å²) >= 11 is 0.